The van der Waals surface area contributed by atoms with Crippen LogP contribution in [0.5, 0.6) is 0 Å². The number of rotatable bonds is 5. The molecule has 0 N–H and O–H groups in total. The molecule has 0 saturated heterocycles. The normalized spacial score (nSPS) is 13.8. The van der Waals surface area contributed by atoms with E-state index in [1.54, 1.807) is 37.3 Å². The van der Waals surface area contributed by atoms with Gasteiger partial charge >= 0.3 is 6.18 Å². The van der Waals surface area contributed by atoms with Crippen molar-refractivity contribution < 1.29 is 22.6 Å². The van der Waals surface area contributed by atoms with E-state index in [1.165, 1.54) is 0 Å². The number of ether oxygens (including phenoxy) is 2. The Morgan fingerprint density at radius 2 is 1.75 bits per heavy atom. The summed E-state index contributed by atoms with van der Waals surface area (Å²) >= 11 is 0. The van der Waals surface area contributed by atoms with Gasteiger partial charge in [0.2, 0.25) is 0 Å². The molecule has 0 aliphatic rings. The van der Waals surface area contributed by atoms with Crippen LogP contribution in [0, 0.1) is 0 Å². The van der Waals surface area contributed by atoms with E-state index in [2.05, 4.69) is 4.74 Å². The van der Waals surface area contributed by atoms with Gasteiger partial charge in [-0.1, -0.05) is 30.3 Å². The minimum absolute atomic E-state index is 0.289. The zero-order valence-corrected chi connectivity index (χ0v) is 8.83. The van der Waals surface area contributed by atoms with Crippen LogP contribution in [0.3, 0.4) is 0 Å². The van der Waals surface area contributed by atoms with Gasteiger partial charge in [-0.25, -0.2) is 0 Å². The molecule has 1 atom stereocenters. The van der Waals surface area contributed by atoms with Gasteiger partial charge in [-0.05, 0) is 6.92 Å². The van der Waals surface area contributed by atoms with Gasteiger partial charge in [0.1, 0.15) is 6.61 Å². The summed E-state index contributed by atoms with van der Waals surface area (Å²) in [6, 6.07) is 8.54. The molecule has 90 valence electrons. The first-order valence-corrected chi connectivity index (χ1v) is 4.88. The maximum absolute atomic E-state index is 12.0. The maximum Gasteiger partial charge on any atom is 0.411 e. The molecule has 1 rings (SSSR count). The van der Waals surface area contributed by atoms with Crippen LogP contribution in [0.15, 0.2) is 30.3 Å². The Hall–Kier alpha value is -1.07. The fraction of sp³-hybridized carbons (Fsp3) is 0.455. The number of benzene rings is 1. The van der Waals surface area contributed by atoms with E-state index in [0.29, 0.717) is 5.56 Å². The number of hydrogen-bond donors (Lipinski definition) is 0. The van der Waals surface area contributed by atoms with E-state index >= 15 is 0 Å². The Morgan fingerprint density at radius 1 is 1.12 bits per heavy atom. The summed E-state index contributed by atoms with van der Waals surface area (Å²) in [5.74, 6) is 0. The summed E-state index contributed by atoms with van der Waals surface area (Å²) in [5, 5.41) is 0. The highest BCUT2D eigenvalue weighted by molar-refractivity contribution is 5.15. The summed E-state index contributed by atoms with van der Waals surface area (Å²) in [6.07, 6.45) is -5.31. The summed E-state index contributed by atoms with van der Waals surface area (Å²) in [7, 11) is 0. The molecule has 0 amide bonds. The summed E-state index contributed by atoms with van der Waals surface area (Å²) in [6.45, 7) is 0.677. The molecule has 0 fully saturated rings. The fourth-order valence-electron chi connectivity index (χ4n) is 1.17. The predicted octanol–water partition coefficient (Wildman–Crippen LogP) is 3.30. The van der Waals surface area contributed by atoms with Crippen molar-refractivity contribution in [3.8, 4) is 0 Å². The van der Waals surface area contributed by atoms with E-state index in [4.69, 9.17) is 4.74 Å². The molecule has 0 aliphatic heterocycles. The largest absolute Gasteiger partial charge is 0.411 e. The van der Waals surface area contributed by atoms with Crippen LogP contribution in [-0.2, 0) is 9.47 Å². The lowest BCUT2D eigenvalue weighted by Crippen LogP contribution is -2.20. The van der Waals surface area contributed by atoms with Crippen LogP contribution in [0.25, 0.3) is 0 Å². The lowest BCUT2D eigenvalue weighted by atomic mass is 10.2. The van der Waals surface area contributed by atoms with Crippen LogP contribution >= 0.6 is 0 Å². The Kier molecular flexibility index (Phi) is 4.76. The molecule has 0 spiro atoms. The van der Waals surface area contributed by atoms with E-state index in [0.717, 1.165) is 0 Å². The Balaban J connectivity index is 2.61. The van der Waals surface area contributed by atoms with E-state index < -0.39 is 19.1 Å². The molecule has 5 heteroatoms. The number of halogens is 3. The van der Waals surface area contributed by atoms with Crippen molar-refractivity contribution in [3.63, 3.8) is 0 Å². The van der Waals surface area contributed by atoms with Crippen molar-refractivity contribution in [2.45, 2.75) is 19.4 Å². The third kappa shape index (κ3) is 4.63. The van der Waals surface area contributed by atoms with Crippen molar-refractivity contribution in [2.24, 2.45) is 0 Å². The van der Waals surface area contributed by atoms with Crippen molar-refractivity contribution in [1.82, 2.24) is 0 Å². The molecule has 1 aromatic carbocycles. The highest BCUT2D eigenvalue weighted by Gasteiger charge is 2.29. The van der Waals surface area contributed by atoms with Crippen LogP contribution in [0.1, 0.15) is 18.8 Å². The van der Waals surface area contributed by atoms with Crippen LogP contribution in [0.4, 0.5) is 13.2 Å². The van der Waals surface area contributed by atoms with Gasteiger partial charge in [0, 0.05) is 12.2 Å². The molecule has 2 nitrogen and oxygen atoms in total. The molecular formula is C11H13F3O2. The van der Waals surface area contributed by atoms with Crippen molar-refractivity contribution >= 4 is 0 Å². The minimum atomic E-state index is -4.34. The van der Waals surface area contributed by atoms with Gasteiger partial charge in [0.25, 0.3) is 0 Å². The van der Waals surface area contributed by atoms with Gasteiger partial charge in [-0.15, -0.1) is 0 Å². The first-order valence-electron chi connectivity index (χ1n) is 4.88. The molecule has 1 unspecified atom stereocenters. The first kappa shape index (κ1) is 13.0. The molecule has 0 bridgehead atoms. The second-order valence-electron chi connectivity index (χ2n) is 3.12. The Morgan fingerprint density at radius 3 is 2.25 bits per heavy atom. The first-order chi connectivity index (χ1) is 7.53. The zero-order chi connectivity index (χ0) is 12.0. The SMILES string of the molecule is CCOC(OCC(F)(F)F)c1ccccc1. The zero-order valence-electron chi connectivity index (χ0n) is 8.83. The highest BCUT2D eigenvalue weighted by atomic mass is 19.4. The maximum atomic E-state index is 12.0. The molecular weight excluding hydrogens is 221 g/mol. The average Bonchev–Trinajstić information content (AvgIpc) is 2.24. The van der Waals surface area contributed by atoms with Gasteiger partial charge < -0.3 is 9.47 Å². The van der Waals surface area contributed by atoms with Crippen LogP contribution in [0.2, 0.25) is 0 Å². The van der Waals surface area contributed by atoms with Gasteiger partial charge in [0.05, 0.1) is 0 Å². The molecule has 1 aromatic rings. The molecule has 0 heterocycles. The second-order valence-corrected chi connectivity index (χ2v) is 3.12. The smallest absolute Gasteiger partial charge is 0.349 e. The minimum Gasteiger partial charge on any atom is -0.349 e. The van der Waals surface area contributed by atoms with Crippen LogP contribution in [-0.4, -0.2) is 19.4 Å². The third-order valence-corrected chi connectivity index (χ3v) is 1.79. The van der Waals surface area contributed by atoms with E-state index in [9.17, 15) is 13.2 Å². The van der Waals surface area contributed by atoms with Gasteiger partial charge in [-0.2, -0.15) is 13.2 Å². The van der Waals surface area contributed by atoms with E-state index in [1.807, 2.05) is 0 Å². The monoisotopic (exact) mass is 234 g/mol. The summed E-state index contributed by atoms with van der Waals surface area (Å²) in [5.41, 5.74) is 0.577. The number of alkyl halides is 3. The van der Waals surface area contributed by atoms with Crippen molar-refractivity contribution in [2.75, 3.05) is 13.2 Å². The lowest BCUT2D eigenvalue weighted by molar-refractivity contribution is -0.231. The average molecular weight is 234 g/mol. The fourth-order valence-corrected chi connectivity index (χ4v) is 1.17. The predicted molar refractivity (Wildman–Crippen MR) is 52.8 cm³/mol. The Labute approximate surface area is 92.0 Å². The molecule has 0 saturated carbocycles. The molecule has 0 radical (unpaired) electrons. The molecule has 0 aromatic heterocycles. The summed E-state index contributed by atoms with van der Waals surface area (Å²) in [4.78, 5) is 0. The number of hydrogen-bond acceptors (Lipinski definition) is 2. The summed E-state index contributed by atoms with van der Waals surface area (Å²) < 4.78 is 45.8. The van der Waals surface area contributed by atoms with Gasteiger partial charge in [-0.3, -0.25) is 0 Å². The van der Waals surface area contributed by atoms with Crippen LogP contribution < -0.4 is 0 Å². The quantitative estimate of drug-likeness (QED) is 0.728. The Bertz CT molecular complexity index is 298. The topological polar surface area (TPSA) is 18.5 Å². The van der Waals surface area contributed by atoms with Crippen molar-refractivity contribution in [1.29, 1.82) is 0 Å². The van der Waals surface area contributed by atoms with E-state index in [-0.39, 0.29) is 6.61 Å². The molecule has 0 aliphatic carbocycles. The highest BCUT2D eigenvalue weighted by Crippen LogP contribution is 2.23. The third-order valence-electron chi connectivity index (χ3n) is 1.79. The van der Waals surface area contributed by atoms with Crippen molar-refractivity contribution in [3.05, 3.63) is 35.9 Å². The second kappa shape index (κ2) is 5.86. The van der Waals surface area contributed by atoms with Gasteiger partial charge in [0.15, 0.2) is 6.29 Å². The molecule has 16 heavy (non-hydrogen) atoms. The lowest BCUT2D eigenvalue weighted by Gasteiger charge is -2.18. The standard InChI is InChI=1S/C11H13F3O2/c1-2-15-10(16-8-11(12,13)14)9-6-4-3-5-7-9/h3-7,10H,2,8H2,1H3.